The van der Waals surface area contributed by atoms with Gasteiger partial charge in [-0.15, -0.1) is 0 Å². The Labute approximate surface area is 134 Å². The summed E-state index contributed by atoms with van der Waals surface area (Å²) in [5, 5.41) is 20.7. The summed E-state index contributed by atoms with van der Waals surface area (Å²) < 4.78 is 39.5. The number of nitrogens with zero attached hydrogens (tertiary/aromatic N) is 2. The Morgan fingerprint density at radius 3 is 2.50 bits per heavy atom. The number of aliphatic hydroxyl groups is 1. The molecule has 7 nitrogen and oxygen atoms in total. The first-order chi connectivity index (χ1) is 11.1. The Bertz CT molecular complexity index is 688. The highest BCUT2D eigenvalue weighted by Gasteiger charge is 2.63. The second-order valence-corrected chi connectivity index (χ2v) is 5.25. The first-order valence-electron chi connectivity index (χ1n) is 6.86. The number of carbonyl (C=O) groups is 1. The summed E-state index contributed by atoms with van der Waals surface area (Å²) in [4.78, 5) is 22.1. The molecule has 130 valence electrons. The average Bonchev–Trinajstić information content (AvgIpc) is 2.86. The molecule has 1 unspecified atom stereocenters. The van der Waals surface area contributed by atoms with Crippen LogP contribution in [0.15, 0.2) is 36.0 Å². The smallest absolute Gasteiger partial charge is 0.362 e. The van der Waals surface area contributed by atoms with Gasteiger partial charge in [0.25, 0.3) is 11.4 Å². The summed E-state index contributed by atoms with van der Waals surface area (Å²) in [6, 6.07) is 4.84. The summed E-state index contributed by atoms with van der Waals surface area (Å²) in [5.74, 6) is -1.01. The number of nitrogens with one attached hydrogen (secondary N) is 1. The highest BCUT2D eigenvalue weighted by atomic mass is 19.4. The Morgan fingerprint density at radius 1 is 1.46 bits per heavy atom. The second-order valence-electron chi connectivity index (χ2n) is 5.25. The van der Waals surface area contributed by atoms with Gasteiger partial charge in [0.2, 0.25) is 5.91 Å². The van der Waals surface area contributed by atoms with Crippen LogP contribution >= 0.6 is 0 Å². The number of nitro groups is 1. The molecule has 0 saturated carbocycles. The predicted octanol–water partition coefficient (Wildman–Crippen LogP) is 2.03. The molecule has 0 aromatic heterocycles. The van der Waals surface area contributed by atoms with E-state index in [1.165, 1.54) is 25.1 Å². The third kappa shape index (κ3) is 3.18. The molecule has 0 spiro atoms. The molecule has 1 saturated heterocycles. The van der Waals surface area contributed by atoms with Crippen LogP contribution < -0.4 is 5.43 Å². The Morgan fingerprint density at radius 2 is 2.04 bits per heavy atom. The van der Waals surface area contributed by atoms with Gasteiger partial charge in [-0.05, 0) is 12.5 Å². The molecule has 1 aliphatic rings. The standard InChI is InChI=1S/C14H14F3N3O4/c1-2-10-8-13(22,14(15,16)17)19(18-10)12(21)7-9-3-5-11(6-4-9)20(23)24/h2-6,18,22H,7-8H2,1H3. The lowest BCUT2D eigenvalue weighted by atomic mass is 10.1. The van der Waals surface area contributed by atoms with Gasteiger partial charge in [0, 0.05) is 24.3 Å². The summed E-state index contributed by atoms with van der Waals surface area (Å²) in [5.41, 5.74) is -0.942. The maximum Gasteiger partial charge on any atom is 0.438 e. The summed E-state index contributed by atoms with van der Waals surface area (Å²) in [7, 11) is 0. The van der Waals surface area contributed by atoms with E-state index in [-0.39, 0.29) is 22.0 Å². The molecule has 1 aromatic carbocycles. The first kappa shape index (κ1) is 17.7. The van der Waals surface area contributed by atoms with Crippen molar-refractivity contribution >= 4 is 11.6 Å². The highest BCUT2D eigenvalue weighted by Crippen LogP contribution is 2.41. The fourth-order valence-electron chi connectivity index (χ4n) is 2.27. The van der Waals surface area contributed by atoms with Crippen LogP contribution in [0.25, 0.3) is 0 Å². The number of hydrogen-bond donors (Lipinski definition) is 2. The van der Waals surface area contributed by atoms with Crippen molar-refractivity contribution in [2.45, 2.75) is 31.7 Å². The van der Waals surface area contributed by atoms with Crippen molar-refractivity contribution in [1.82, 2.24) is 10.4 Å². The van der Waals surface area contributed by atoms with Gasteiger partial charge in [0.1, 0.15) is 0 Å². The summed E-state index contributed by atoms with van der Waals surface area (Å²) >= 11 is 0. The molecule has 0 aliphatic carbocycles. The normalized spacial score (nSPS) is 22.5. The monoisotopic (exact) mass is 345 g/mol. The third-order valence-electron chi connectivity index (χ3n) is 3.62. The van der Waals surface area contributed by atoms with Gasteiger partial charge in [-0.2, -0.15) is 13.2 Å². The maximum absolute atomic E-state index is 13.2. The second kappa shape index (κ2) is 6.11. The molecule has 1 fully saturated rings. The van der Waals surface area contributed by atoms with Crippen LogP contribution in [-0.2, 0) is 11.2 Å². The molecule has 1 aromatic rings. The zero-order valence-corrected chi connectivity index (χ0v) is 12.5. The number of halogens is 3. The number of amides is 1. The Balaban J connectivity index is 2.22. The molecule has 1 atom stereocenters. The van der Waals surface area contributed by atoms with Crippen LogP contribution in [0.4, 0.5) is 18.9 Å². The van der Waals surface area contributed by atoms with Gasteiger partial charge in [0.15, 0.2) is 0 Å². The lowest BCUT2D eigenvalue weighted by Crippen LogP contribution is -2.60. The zero-order chi connectivity index (χ0) is 18.1. The molecule has 1 aliphatic heterocycles. The van der Waals surface area contributed by atoms with Gasteiger partial charge >= 0.3 is 6.18 Å². The van der Waals surface area contributed by atoms with E-state index in [1.54, 1.807) is 0 Å². The minimum atomic E-state index is -5.05. The van der Waals surface area contributed by atoms with Crippen molar-refractivity contribution in [3.63, 3.8) is 0 Å². The average molecular weight is 345 g/mol. The van der Waals surface area contributed by atoms with Crippen LogP contribution in [0.3, 0.4) is 0 Å². The number of rotatable bonds is 3. The lowest BCUT2D eigenvalue weighted by Gasteiger charge is -2.33. The van der Waals surface area contributed by atoms with Gasteiger partial charge in [0.05, 0.1) is 11.3 Å². The first-order valence-corrected chi connectivity index (χ1v) is 6.86. The van der Waals surface area contributed by atoms with E-state index < -0.39 is 35.6 Å². The fraction of sp³-hybridized carbons (Fsp3) is 0.357. The largest absolute Gasteiger partial charge is 0.438 e. The predicted molar refractivity (Wildman–Crippen MR) is 76.2 cm³/mol. The number of benzene rings is 1. The maximum atomic E-state index is 13.2. The summed E-state index contributed by atoms with van der Waals surface area (Å²) in [6.07, 6.45) is -4.97. The number of allylic oxidation sites excluding steroid dienone is 1. The number of non-ortho nitro benzene ring substituents is 1. The lowest BCUT2D eigenvalue weighted by molar-refractivity contribution is -0.384. The molecule has 10 heteroatoms. The Kier molecular flexibility index (Phi) is 4.52. The molecule has 24 heavy (non-hydrogen) atoms. The van der Waals surface area contributed by atoms with Crippen LogP contribution in [0, 0.1) is 10.1 Å². The van der Waals surface area contributed by atoms with E-state index >= 15 is 0 Å². The Hall–Kier alpha value is -2.62. The van der Waals surface area contributed by atoms with Crippen LogP contribution in [0.1, 0.15) is 18.9 Å². The van der Waals surface area contributed by atoms with E-state index in [0.717, 1.165) is 12.1 Å². The van der Waals surface area contributed by atoms with Crippen molar-refractivity contribution in [2.75, 3.05) is 0 Å². The molecule has 0 bridgehead atoms. The number of alkyl halides is 3. The van der Waals surface area contributed by atoms with E-state index in [1.807, 2.05) is 0 Å². The van der Waals surface area contributed by atoms with E-state index in [2.05, 4.69) is 5.43 Å². The summed E-state index contributed by atoms with van der Waals surface area (Å²) in [6.45, 7) is 1.48. The highest BCUT2D eigenvalue weighted by molar-refractivity contribution is 5.79. The number of hydrazine groups is 1. The molecule has 2 N–H and O–H groups in total. The van der Waals surface area contributed by atoms with Gasteiger partial charge in [-0.3, -0.25) is 20.3 Å². The minimum absolute atomic E-state index is 0.0619. The van der Waals surface area contributed by atoms with E-state index in [9.17, 15) is 33.2 Å². The number of nitro benzene ring substituents is 1. The molecular weight excluding hydrogens is 331 g/mol. The molecular formula is C14H14F3N3O4. The minimum Gasteiger partial charge on any atom is -0.362 e. The molecule has 2 rings (SSSR count). The van der Waals surface area contributed by atoms with Crippen molar-refractivity contribution in [1.29, 1.82) is 0 Å². The molecule has 0 radical (unpaired) electrons. The van der Waals surface area contributed by atoms with Gasteiger partial charge in [-0.1, -0.05) is 18.2 Å². The van der Waals surface area contributed by atoms with Crippen LogP contribution in [0.2, 0.25) is 0 Å². The van der Waals surface area contributed by atoms with Gasteiger partial charge in [-0.25, -0.2) is 5.01 Å². The fourth-order valence-corrected chi connectivity index (χ4v) is 2.27. The van der Waals surface area contributed by atoms with Crippen LogP contribution in [-0.4, -0.2) is 32.8 Å². The number of carbonyl (C=O) groups excluding carboxylic acids is 1. The third-order valence-corrected chi connectivity index (χ3v) is 3.62. The van der Waals surface area contributed by atoms with E-state index in [4.69, 9.17) is 0 Å². The zero-order valence-electron chi connectivity index (χ0n) is 12.5. The van der Waals surface area contributed by atoms with Gasteiger partial charge < -0.3 is 5.11 Å². The van der Waals surface area contributed by atoms with Crippen molar-refractivity contribution < 1.29 is 28.0 Å². The van der Waals surface area contributed by atoms with Crippen molar-refractivity contribution in [2.24, 2.45) is 0 Å². The van der Waals surface area contributed by atoms with E-state index in [0.29, 0.717) is 0 Å². The van der Waals surface area contributed by atoms with Crippen molar-refractivity contribution in [3.8, 4) is 0 Å². The molecule has 1 amide bonds. The van der Waals surface area contributed by atoms with Crippen LogP contribution in [0.5, 0.6) is 0 Å². The topological polar surface area (TPSA) is 95.7 Å². The van der Waals surface area contributed by atoms with Crippen molar-refractivity contribution in [3.05, 3.63) is 51.7 Å². The molecule has 1 heterocycles. The number of hydrogen-bond acceptors (Lipinski definition) is 5. The quantitative estimate of drug-likeness (QED) is 0.645. The SMILES string of the molecule is CC=C1CC(O)(C(F)(F)F)N(C(=O)Cc2ccc([N+](=O)[O-])cc2)N1.